The van der Waals surface area contributed by atoms with Gasteiger partial charge in [-0.2, -0.15) is 0 Å². The van der Waals surface area contributed by atoms with Crippen molar-refractivity contribution in [2.24, 2.45) is 5.14 Å². The van der Waals surface area contributed by atoms with Crippen LogP contribution in [0.4, 0.5) is 0 Å². The highest BCUT2D eigenvalue weighted by Gasteiger charge is 2.24. The number of primary sulfonamides is 1. The third-order valence-electron chi connectivity index (χ3n) is 6.36. The maximum atomic E-state index is 12.9. The van der Waals surface area contributed by atoms with Crippen LogP contribution >= 0.6 is 0 Å². The fourth-order valence-corrected chi connectivity index (χ4v) is 5.04. The van der Waals surface area contributed by atoms with Gasteiger partial charge in [0.15, 0.2) is 0 Å². The number of nitrogens with two attached hydrogens (primary N) is 1. The highest BCUT2D eigenvalue weighted by molar-refractivity contribution is 7.89. The third-order valence-corrected chi connectivity index (χ3v) is 7.27. The number of fused-ring (bicyclic) bond motifs is 1. The van der Waals surface area contributed by atoms with E-state index < -0.39 is 10.0 Å². The summed E-state index contributed by atoms with van der Waals surface area (Å²) < 4.78 is 25.5. The van der Waals surface area contributed by atoms with E-state index in [0.29, 0.717) is 37.0 Å². The molecule has 0 radical (unpaired) electrons. The second-order valence-electron chi connectivity index (χ2n) is 8.87. The molecule has 0 atom stereocenters. The zero-order valence-corrected chi connectivity index (χ0v) is 20.6. The minimum atomic E-state index is -3.81. The number of hydrogen-bond donors (Lipinski definition) is 2. The molecule has 1 aliphatic heterocycles. The van der Waals surface area contributed by atoms with Gasteiger partial charge < -0.3 is 14.8 Å². The molecule has 3 N–H and O–H groups in total. The largest absolute Gasteiger partial charge is 0.349 e. The van der Waals surface area contributed by atoms with E-state index in [0.717, 1.165) is 37.1 Å². The number of benzene rings is 2. The van der Waals surface area contributed by atoms with Gasteiger partial charge in [0.25, 0.3) is 5.91 Å². The maximum absolute atomic E-state index is 12.9. The Bertz CT molecular complexity index is 1310. The Hall–Kier alpha value is -3.24. The number of aryl methyl sites for hydroxylation is 2. The van der Waals surface area contributed by atoms with Crippen LogP contribution in [0.3, 0.4) is 0 Å². The summed E-state index contributed by atoms with van der Waals surface area (Å²) in [5, 5.41) is 8.32. The molecule has 10 heteroatoms. The summed E-state index contributed by atoms with van der Waals surface area (Å²) in [5.74, 6) is 0.723. The summed E-state index contributed by atoms with van der Waals surface area (Å²) in [7, 11) is -3.81. The van der Waals surface area contributed by atoms with Crippen molar-refractivity contribution in [3.8, 4) is 0 Å². The van der Waals surface area contributed by atoms with Gasteiger partial charge in [-0.3, -0.25) is 9.59 Å². The van der Waals surface area contributed by atoms with Crippen molar-refractivity contribution in [1.29, 1.82) is 0 Å². The Balaban J connectivity index is 1.35. The average Bonchev–Trinajstić information content (AvgIpc) is 3.20. The SMILES string of the molecule is CCCn1c(CCC(=O)N2CCC(NC(=O)c3ccccc3)CC2)nc2cc(S(N)(=O)=O)ccc21. The summed E-state index contributed by atoms with van der Waals surface area (Å²) in [6, 6.07) is 13.9. The lowest BCUT2D eigenvalue weighted by atomic mass is 10.0. The lowest BCUT2D eigenvalue weighted by Crippen LogP contribution is -2.46. The normalized spacial score (nSPS) is 14.9. The molecular formula is C25H31N5O4S. The quantitative estimate of drug-likeness (QED) is 0.494. The van der Waals surface area contributed by atoms with Crippen molar-refractivity contribution >= 4 is 32.9 Å². The number of imidazole rings is 1. The number of aromatic nitrogens is 2. The van der Waals surface area contributed by atoms with Crippen LogP contribution in [0.1, 0.15) is 48.8 Å². The fourth-order valence-electron chi connectivity index (χ4n) is 4.51. The van der Waals surface area contributed by atoms with Crippen LogP contribution in [0.5, 0.6) is 0 Å². The molecule has 35 heavy (non-hydrogen) atoms. The molecule has 1 fully saturated rings. The molecule has 9 nitrogen and oxygen atoms in total. The van der Waals surface area contributed by atoms with Gasteiger partial charge in [0.2, 0.25) is 15.9 Å². The van der Waals surface area contributed by atoms with Crippen LogP contribution in [0, 0.1) is 0 Å². The fraction of sp³-hybridized carbons (Fsp3) is 0.400. The van der Waals surface area contributed by atoms with Crippen molar-refractivity contribution in [3.05, 3.63) is 59.9 Å². The zero-order valence-electron chi connectivity index (χ0n) is 19.8. The van der Waals surface area contributed by atoms with Gasteiger partial charge in [0.1, 0.15) is 5.82 Å². The number of amides is 2. The Morgan fingerprint density at radius 1 is 1.11 bits per heavy atom. The molecule has 2 aromatic carbocycles. The van der Waals surface area contributed by atoms with Gasteiger partial charge in [-0.05, 0) is 49.6 Å². The van der Waals surface area contributed by atoms with E-state index >= 15 is 0 Å². The zero-order chi connectivity index (χ0) is 25.0. The second kappa shape index (κ2) is 10.6. The number of piperidine rings is 1. The van der Waals surface area contributed by atoms with E-state index in [9.17, 15) is 18.0 Å². The monoisotopic (exact) mass is 497 g/mol. The van der Waals surface area contributed by atoms with Crippen LogP contribution in [-0.4, -0.2) is 53.8 Å². The van der Waals surface area contributed by atoms with E-state index in [1.807, 2.05) is 27.7 Å². The first-order valence-electron chi connectivity index (χ1n) is 11.9. The molecule has 0 bridgehead atoms. The van der Waals surface area contributed by atoms with Crippen LogP contribution < -0.4 is 10.5 Å². The number of sulfonamides is 1. The van der Waals surface area contributed by atoms with Crippen molar-refractivity contribution in [2.45, 2.75) is 56.5 Å². The predicted octanol–water partition coefficient (Wildman–Crippen LogP) is 2.45. The van der Waals surface area contributed by atoms with Crippen molar-refractivity contribution in [1.82, 2.24) is 19.8 Å². The number of nitrogens with zero attached hydrogens (tertiary/aromatic N) is 3. The summed E-state index contributed by atoms with van der Waals surface area (Å²) in [6.07, 6.45) is 3.09. The molecule has 0 unspecified atom stereocenters. The van der Waals surface area contributed by atoms with Gasteiger partial charge in [0.05, 0.1) is 15.9 Å². The van der Waals surface area contributed by atoms with E-state index in [-0.39, 0.29) is 22.8 Å². The molecule has 1 aliphatic rings. The molecule has 2 heterocycles. The maximum Gasteiger partial charge on any atom is 0.251 e. The minimum absolute atomic E-state index is 0.0241. The van der Waals surface area contributed by atoms with Gasteiger partial charge in [-0.1, -0.05) is 25.1 Å². The standard InChI is InChI=1S/C25H31N5O4S/c1-2-14-30-22-9-8-20(35(26,33)34)17-21(22)28-23(30)10-11-24(31)29-15-12-19(13-16-29)27-25(32)18-6-4-3-5-7-18/h3-9,17,19H,2,10-16H2,1H3,(H,27,32)(H2,26,33,34). The molecule has 3 aromatic rings. The van der Waals surface area contributed by atoms with Gasteiger partial charge in [0, 0.05) is 44.1 Å². The highest BCUT2D eigenvalue weighted by Crippen LogP contribution is 2.22. The molecule has 4 rings (SSSR count). The van der Waals surface area contributed by atoms with Crippen molar-refractivity contribution in [3.63, 3.8) is 0 Å². The Kier molecular flexibility index (Phi) is 7.51. The molecule has 186 valence electrons. The summed E-state index contributed by atoms with van der Waals surface area (Å²) in [5.41, 5.74) is 2.02. The molecule has 2 amide bonds. The van der Waals surface area contributed by atoms with Crippen LogP contribution in [0.25, 0.3) is 11.0 Å². The van der Waals surface area contributed by atoms with Crippen LogP contribution in [-0.2, 0) is 27.8 Å². The third kappa shape index (κ3) is 5.88. The molecule has 0 aliphatic carbocycles. The van der Waals surface area contributed by atoms with E-state index in [4.69, 9.17) is 5.14 Å². The minimum Gasteiger partial charge on any atom is -0.349 e. The van der Waals surface area contributed by atoms with Crippen molar-refractivity contribution < 1.29 is 18.0 Å². The molecule has 0 saturated carbocycles. The first kappa shape index (κ1) is 24.9. The first-order valence-corrected chi connectivity index (χ1v) is 13.5. The lowest BCUT2D eigenvalue weighted by molar-refractivity contribution is -0.132. The lowest BCUT2D eigenvalue weighted by Gasteiger charge is -2.32. The Morgan fingerprint density at radius 3 is 2.49 bits per heavy atom. The Morgan fingerprint density at radius 2 is 1.83 bits per heavy atom. The molecule has 0 spiro atoms. The van der Waals surface area contributed by atoms with E-state index in [2.05, 4.69) is 17.2 Å². The summed E-state index contributed by atoms with van der Waals surface area (Å²) in [4.78, 5) is 31.8. The molecule has 1 saturated heterocycles. The number of carbonyl (C=O) groups excluding carboxylic acids is 2. The smallest absolute Gasteiger partial charge is 0.251 e. The summed E-state index contributed by atoms with van der Waals surface area (Å²) >= 11 is 0. The van der Waals surface area contributed by atoms with Crippen LogP contribution in [0.15, 0.2) is 53.4 Å². The van der Waals surface area contributed by atoms with Gasteiger partial charge in [-0.25, -0.2) is 18.5 Å². The highest BCUT2D eigenvalue weighted by atomic mass is 32.2. The topological polar surface area (TPSA) is 127 Å². The average molecular weight is 498 g/mol. The number of likely N-dealkylation sites (tertiary alicyclic amines) is 1. The van der Waals surface area contributed by atoms with Crippen LogP contribution in [0.2, 0.25) is 0 Å². The van der Waals surface area contributed by atoms with Crippen molar-refractivity contribution in [2.75, 3.05) is 13.1 Å². The molecule has 1 aromatic heterocycles. The number of hydrogen-bond acceptors (Lipinski definition) is 5. The summed E-state index contributed by atoms with van der Waals surface area (Å²) in [6.45, 7) is 3.98. The molecular weight excluding hydrogens is 466 g/mol. The predicted molar refractivity (Wildman–Crippen MR) is 133 cm³/mol. The van der Waals surface area contributed by atoms with Gasteiger partial charge in [-0.15, -0.1) is 0 Å². The second-order valence-corrected chi connectivity index (χ2v) is 10.4. The number of carbonyl (C=O) groups is 2. The first-order chi connectivity index (χ1) is 16.8. The van der Waals surface area contributed by atoms with E-state index in [1.54, 1.807) is 18.2 Å². The number of nitrogens with one attached hydrogen (secondary N) is 1. The Labute approximate surface area is 205 Å². The van der Waals surface area contributed by atoms with E-state index in [1.165, 1.54) is 12.1 Å². The number of rotatable bonds is 8. The van der Waals surface area contributed by atoms with Gasteiger partial charge >= 0.3 is 0 Å².